The number of hydrogen-bond donors (Lipinski definition) is 1. The third-order valence-corrected chi connectivity index (χ3v) is 5.90. The lowest BCUT2D eigenvalue weighted by Crippen LogP contribution is -2.59. The molecule has 0 aliphatic carbocycles. The number of thioether (sulfide) groups is 1. The van der Waals surface area contributed by atoms with Gasteiger partial charge in [-0.05, 0) is 29.5 Å². The monoisotopic (exact) mass is 418 g/mol. The molecule has 0 spiro atoms. The third kappa shape index (κ3) is 3.41. The summed E-state index contributed by atoms with van der Waals surface area (Å²) in [6.07, 6.45) is 0. The first-order valence-electron chi connectivity index (χ1n) is 8.88. The molecule has 1 saturated heterocycles. The average Bonchev–Trinajstić information content (AvgIpc) is 3.31. The summed E-state index contributed by atoms with van der Waals surface area (Å²) in [6.45, 7) is 0.565. The Bertz CT molecular complexity index is 975. The quantitative estimate of drug-likeness (QED) is 0.694. The molecule has 11 heteroatoms. The highest BCUT2D eigenvalue weighted by Crippen LogP contribution is 2.32. The van der Waals surface area contributed by atoms with Crippen LogP contribution in [0.4, 0.5) is 4.79 Å². The molecule has 1 fully saturated rings. The summed E-state index contributed by atoms with van der Waals surface area (Å²) < 4.78 is 12.3. The SMILES string of the molecule is CN1C(=O)C2N=C(SCC(=O)NCc3ccc4c(c3)OCO4)[N+](C)=C2N(C)C1=O. The van der Waals surface area contributed by atoms with Gasteiger partial charge in [0.15, 0.2) is 11.5 Å². The number of aliphatic imine (C=N–C) groups is 1. The Kier molecular flexibility index (Phi) is 4.91. The zero-order valence-electron chi connectivity index (χ0n) is 16.2. The molecule has 3 aliphatic heterocycles. The summed E-state index contributed by atoms with van der Waals surface area (Å²) in [5, 5.41) is 3.37. The molecule has 1 N–H and O–H groups in total. The maximum atomic E-state index is 12.3. The highest BCUT2D eigenvalue weighted by atomic mass is 32.2. The Hall–Kier alpha value is -3.08. The molecular formula is C18H20N5O5S+. The number of benzene rings is 1. The summed E-state index contributed by atoms with van der Waals surface area (Å²) >= 11 is 1.22. The molecule has 152 valence electrons. The number of amides is 4. The summed E-state index contributed by atoms with van der Waals surface area (Å²) in [6, 6.07) is 4.35. The Labute approximate surface area is 171 Å². The van der Waals surface area contributed by atoms with E-state index in [0.29, 0.717) is 29.0 Å². The predicted molar refractivity (Wildman–Crippen MR) is 105 cm³/mol. The second-order valence-electron chi connectivity index (χ2n) is 6.72. The van der Waals surface area contributed by atoms with Crippen molar-refractivity contribution < 1.29 is 28.4 Å². The van der Waals surface area contributed by atoms with Gasteiger partial charge in [0.1, 0.15) is 0 Å². The van der Waals surface area contributed by atoms with E-state index in [0.717, 1.165) is 10.5 Å². The van der Waals surface area contributed by atoms with Crippen LogP contribution in [0, 0.1) is 0 Å². The summed E-state index contributed by atoms with van der Waals surface area (Å²) in [7, 11) is 4.77. The fraction of sp³-hybridized carbons (Fsp3) is 0.389. The standard InChI is InChI=1S/C18H19N5O5S/c1-21-15-14(16(25)23(3)18(26)22(15)2)20-17(21)29-8-13(24)19-7-10-4-5-11-12(6-10)28-9-27-11/h4-6,14H,7-9H2,1-3H3/p+1. The number of rotatable bonds is 4. The van der Waals surface area contributed by atoms with Crippen LogP contribution in [0.1, 0.15) is 5.56 Å². The van der Waals surface area contributed by atoms with Gasteiger partial charge in [-0.25, -0.2) is 14.3 Å². The zero-order valence-corrected chi connectivity index (χ0v) is 17.0. The van der Waals surface area contributed by atoms with Crippen LogP contribution in [0.15, 0.2) is 23.2 Å². The topological polar surface area (TPSA) is 104 Å². The van der Waals surface area contributed by atoms with Crippen LogP contribution < -0.4 is 14.8 Å². The molecule has 3 aliphatic rings. The largest absolute Gasteiger partial charge is 0.454 e. The summed E-state index contributed by atoms with van der Waals surface area (Å²) in [5.74, 6) is 1.45. The van der Waals surface area contributed by atoms with Crippen molar-refractivity contribution >= 4 is 40.6 Å². The summed E-state index contributed by atoms with van der Waals surface area (Å²) in [5.41, 5.74) is 0.901. The van der Waals surface area contributed by atoms with E-state index in [-0.39, 0.29) is 24.4 Å². The lowest BCUT2D eigenvalue weighted by atomic mass is 10.2. The fourth-order valence-electron chi connectivity index (χ4n) is 3.28. The van der Waals surface area contributed by atoms with Crippen molar-refractivity contribution in [1.82, 2.24) is 15.1 Å². The molecule has 1 aromatic carbocycles. The number of ether oxygens (including phenoxy) is 2. The Balaban J connectivity index is 1.35. The molecule has 1 aromatic rings. The highest BCUT2D eigenvalue weighted by Gasteiger charge is 2.51. The van der Waals surface area contributed by atoms with Crippen molar-refractivity contribution in [3.63, 3.8) is 0 Å². The van der Waals surface area contributed by atoms with Crippen LogP contribution in [0.5, 0.6) is 11.5 Å². The molecule has 1 atom stereocenters. The molecule has 10 nitrogen and oxygen atoms in total. The van der Waals surface area contributed by atoms with Gasteiger partial charge in [0.05, 0.1) is 19.8 Å². The van der Waals surface area contributed by atoms with Crippen molar-refractivity contribution in [3.8, 4) is 11.5 Å². The lowest BCUT2D eigenvalue weighted by molar-refractivity contribution is -0.367. The second kappa shape index (κ2) is 7.39. The van der Waals surface area contributed by atoms with E-state index < -0.39 is 12.1 Å². The van der Waals surface area contributed by atoms with Gasteiger partial charge in [0.25, 0.3) is 23.0 Å². The average molecular weight is 418 g/mol. The normalized spacial score (nSPS) is 20.2. The minimum Gasteiger partial charge on any atom is -0.454 e. The number of hydrogen-bond acceptors (Lipinski definition) is 7. The molecule has 0 bridgehead atoms. The van der Waals surface area contributed by atoms with Crippen molar-refractivity contribution in [2.45, 2.75) is 12.6 Å². The van der Waals surface area contributed by atoms with Crippen LogP contribution in [0.25, 0.3) is 0 Å². The number of amidine groups is 2. The first-order chi connectivity index (χ1) is 13.9. The van der Waals surface area contributed by atoms with Crippen LogP contribution in [-0.4, -0.2) is 83.0 Å². The number of likely N-dealkylation sites (N-methyl/N-ethyl adjacent to an activating group) is 2. The van der Waals surface area contributed by atoms with E-state index in [1.54, 1.807) is 18.7 Å². The molecule has 0 radical (unpaired) electrons. The maximum absolute atomic E-state index is 12.3. The van der Waals surface area contributed by atoms with Crippen molar-refractivity contribution in [2.75, 3.05) is 33.7 Å². The second-order valence-corrected chi connectivity index (χ2v) is 7.67. The molecule has 4 amide bonds. The lowest BCUT2D eigenvalue weighted by Gasteiger charge is -2.27. The Morgan fingerprint density at radius 2 is 2.03 bits per heavy atom. The molecular weight excluding hydrogens is 398 g/mol. The number of urea groups is 1. The van der Waals surface area contributed by atoms with E-state index >= 15 is 0 Å². The Morgan fingerprint density at radius 1 is 1.28 bits per heavy atom. The number of nitrogens with one attached hydrogen (secondary N) is 1. The van der Waals surface area contributed by atoms with Gasteiger partial charge >= 0.3 is 6.03 Å². The van der Waals surface area contributed by atoms with Crippen LogP contribution in [-0.2, 0) is 16.1 Å². The molecule has 1 unspecified atom stereocenters. The maximum Gasteiger partial charge on any atom is 0.388 e. The number of carbonyl (C=O) groups is 3. The van der Waals surface area contributed by atoms with Gasteiger partial charge in [-0.1, -0.05) is 6.07 Å². The minimum absolute atomic E-state index is 0.134. The predicted octanol–water partition coefficient (Wildman–Crippen LogP) is 0.0675. The number of imide groups is 1. The van der Waals surface area contributed by atoms with E-state index in [9.17, 15) is 14.4 Å². The van der Waals surface area contributed by atoms with Crippen LogP contribution in [0.3, 0.4) is 0 Å². The van der Waals surface area contributed by atoms with Crippen molar-refractivity contribution in [2.24, 2.45) is 4.99 Å². The molecule has 4 rings (SSSR count). The number of carbonyl (C=O) groups excluding carboxylic acids is 3. The smallest absolute Gasteiger partial charge is 0.388 e. The molecule has 29 heavy (non-hydrogen) atoms. The van der Waals surface area contributed by atoms with E-state index in [1.165, 1.54) is 23.7 Å². The van der Waals surface area contributed by atoms with Gasteiger partial charge in [0.2, 0.25) is 12.7 Å². The van der Waals surface area contributed by atoms with Crippen molar-refractivity contribution in [3.05, 3.63) is 23.8 Å². The first-order valence-corrected chi connectivity index (χ1v) is 9.87. The van der Waals surface area contributed by atoms with Gasteiger partial charge in [-0.3, -0.25) is 14.5 Å². The Morgan fingerprint density at radius 3 is 2.83 bits per heavy atom. The summed E-state index contributed by atoms with van der Waals surface area (Å²) in [4.78, 5) is 43.6. The van der Waals surface area contributed by atoms with E-state index in [1.807, 2.05) is 18.2 Å². The van der Waals surface area contributed by atoms with E-state index in [4.69, 9.17) is 9.47 Å². The highest BCUT2D eigenvalue weighted by molar-refractivity contribution is 8.13. The van der Waals surface area contributed by atoms with Crippen LogP contribution in [0.2, 0.25) is 0 Å². The van der Waals surface area contributed by atoms with Crippen molar-refractivity contribution in [1.29, 1.82) is 0 Å². The van der Waals surface area contributed by atoms with Gasteiger partial charge in [-0.2, -0.15) is 0 Å². The van der Waals surface area contributed by atoms with Gasteiger partial charge < -0.3 is 14.8 Å². The van der Waals surface area contributed by atoms with Gasteiger partial charge in [-0.15, -0.1) is 4.99 Å². The van der Waals surface area contributed by atoms with Crippen LogP contribution >= 0.6 is 11.8 Å². The molecule has 3 heterocycles. The first kappa shape index (κ1) is 19.2. The zero-order chi connectivity index (χ0) is 20.7. The number of fused-ring (bicyclic) bond motifs is 2. The number of nitrogens with zero attached hydrogens (tertiary/aromatic N) is 4. The minimum atomic E-state index is -0.758. The molecule has 0 saturated carbocycles. The fourth-order valence-corrected chi connectivity index (χ4v) is 4.11. The molecule has 0 aromatic heterocycles. The third-order valence-electron chi connectivity index (χ3n) is 4.86. The van der Waals surface area contributed by atoms with Gasteiger partial charge in [0, 0.05) is 13.6 Å². The van der Waals surface area contributed by atoms with E-state index in [2.05, 4.69) is 10.3 Å².